The van der Waals surface area contributed by atoms with Gasteiger partial charge in [-0.25, -0.2) is 4.98 Å². The van der Waals surface area contributed by atoms with Gasteiger partial charge in [-0.05, 0) is 25.1 Å². The molecule has 4 nitrogen and oxygen atoms in total. The van der Waals surface area contributed by atoms with Gasteiger partial charge in [0, 0.05) is 5.69 Å². The number of nitrogens with two attached hydrogens (primary N) is 1. The standard InChI is InChI=1S/C9H11N3O.2ClH/c1-5(13)9-11-7-3-2-6(10)4-8(7)12-9;;/h2-5,13H,10H2,1H3,(H,11,12);2*1H. The molecule has 0 amide bonds. The molecule has 1 aromatic carbocycles. The average Bonchev–Trinajstić information content (AvgIpc) is 2.46. The summed E-state index contributed by atoms with van der Waals surface area (Å²) in [5.41, 5.74) is 7.97. The van der Waals surface area contributed by atoms with Gasteiger partial charge in [0.2, 0.25) is 0 Å². The first-order valence-electron chi connectivity index (χ1n) is 4.10. The van der Waals surface area contributed by atoms with Crippen LogP contribution < -0.4 is 5.73 Å². The Morgan fingerprint density at radius 1 is 1.40 bits per heavy atom. The molecule has 0 spiro atoms. The van der Waals surface area contributed by atoms with E-state index in [0.717, 1.165) is 11.0 Å². The number of fused-ring (bicyclic) bond motifs is 1. The van der Waals surface area contributed by atoms with E-state index < -0.39 is 6.10 Å². The summed E-state index contributed by atoms with van der Waals surface area (Å²) in [5.74, 6) is 0.570. The van der Waals surface area contributed by atoms with Crippen LogP contribution in [0.1, 0.15) is 18.9 Å². The number of aromatic amines is 1. The lowest BCUT2D eigenvalue weighted by atomic mass is 10.3. The van der Waals surface area contributed by atoms with Crippen molar-refractivity contribution >= 4 is 41.5 Å². The third-order valence-electron chi connectivity index (χ3n) is 1.92. The molecule has 0 saturated carbocycles. The molecule has 0 fully saturated rings. The molecule has 0 saturated heterocycles. The summed E-state index contributed by atoms with van der Waals surface area (Å²) >= 11 is 0. The number of aliphatic hydroxyl groups excluding tert-OH is 1. The summed E-state index contributed by atoms with van der Waals surface area (Å²) in [5, 5.41) is 9.27. The number of nitrogens with zero attached hydrogens (tertiary/aromatic N) is 1. The van der Waals surface area contributed by atoms with Gasteiger partial charge in [-0.1, -0.05) is 0 Å². The molecule has 1 unspecified atom stereocenters. The molecule has 4 N–H and O–H groups in total. The zero-order chi connectivity index (χ0) is 9.42. The monoisotopic (exact) mass is 249 g/mol. The Morgan fingerprint density at radius 2 is 2.07 bits per heavy atom. The maximum Gasteiger partial charge on any atom is 0.135 e. The van der Waals surface area contributed by atoms with Gasteiger partial charge >= 0.3 is 0 Å². The number of hydrogen-bond donors (Lipinski definition) is 3. The molecule has 1 atom stereocenters. The summed E-state index contributed by atoms with van der Waals surface area (Å²) in [4.78, 5) is 7.19. The van der Waals surface area contributed by atoms with Gasteiger partial charge in [0.15, 0.2) is 0 Å². The van der Waals surface area contributed by atoms with E-state index in [1.807, 2.05) is 6.07 Å². The Balaban J connectivity index is 0.000000980. The minimum absolute atomic E-state index is 0. The van der Waals surface area contributed by atoms with Crippen LogP contribution in [0.2, 0.25) is 0 Å². The van der Waals surface area contributed by atoms with Crippen molar-refractivity contribution < 1.29 is 5.11 Å². The van der Waals surface area contributed by atoms with Crippen LogP contribution in [0.4, 0.5) is 5.69 Å². The second kappa shape index (κ2) is 5.21. The van der Waals surface area contributed by atoms with Crippen molar-refractivity contribution in [1.29, 1.82) is 0 Å². The van der Waals surface area contributed by atoms with Crippen molar-refractivity contribution in [3.63, 3.8) is 0 Å². The van der Waals surface area contributed by atoms with Crippen molar-refractivity contribution in [3.8, 4) is 0 Å². The number of benzene rings is 1. The minimum Gasteiger partial charge on any atom is -0.399 e. The Hall–Kier alpha value is -0.970. The molecular formula is C9H13Cl2N3O. The highest BCUT2D eigenvalue weighted by molar-refractivity contribution is 5.85. The molecule has 0 aliphatic rings. The smallest absolute Gasteiger partial charge is 0.135 e. The third kappa shape index (κ3) is 2.75. The fraction of sp³-hybridized carbons (Fsp3) is 0.222. The van der Waals surface area contributed by atoms with Gasteiger partial charge in [0.25, 0.3) is 0 Å². The summed E-state index contributed by atoms with van der Waals surface area (Å²) in [6, 6.07) is 5.41. The zero-order valence-corrected chi connectivity index (χ0v) is 9.73. The Morgan fingerprint density at radius 3 is 2.67 bits per heavy atom. The first-order chi connectivity index (χ1) is 6.16. The molecule has 0 radical (unpaired) electrons. The zero-order valence-electron chi connectivity index (χ0n) is 8.10. The van der Waals surface area contributed by atoms with Crippen LogP contribution >= 0.6 is 24.8 Å². The highest BCUT2D eigenvalue weighted by Gasteiger charge is 2.06. The van der Waals surface area contributed by atoms with Crippen LogP contribution in [0.25, 0.3) is 11.0 Å². The molecule has 15 heavy (non-hydrogen) atoms. The third-order valence-corrected chi connectivity index (χ3v) is 1.92. The molecular weight excluding hydrogens is 237 g/mol. The molecule has 1 aromatic heterocycles. The van der Waals surface area contributed by atoms with Gasteiger partial charge in [0.1, 0.15) is 11.9 Å². The molecule has 0 aliphatic heterocycles. The number of anilines is 1. The molecule has 2 aromatic rings. The number of nitrogens with one attached hydrogen (secondary N) is 1. The van der Waals surface area contributed by atoms with Crippen LogP contribution in [-0.2, 0) is 0 Å². The second-order valence-corrected chi connectivity index (χ2v) is 3.07. The van der Waals surface area contributed by atoms with Gasteiger partial charge in [0.05, 0.1) is 11.0 Å². The van der Waals surface area contributed by atoms with Gasteiger partial charge in [-0.2, -0.15) is 0 Å². The van der Waals surface area contributed by atoms with E-state index in [0.29, 0.717) is 11.5 Å². The fourth-order valence-corrected chi connectivity index (χ4v) is 1.24. The second-order valence-electron chi connectivity index (χ2n) is 3.07. The van der Waals surface area contributed by atoms with Crippen LogP contribution in [0, 0.1) is 0 Å². The van der Waals surface area contributed by atoms with Crippen LogP contribution in [0.5, 0.6) is 0 Å². The molecule has 0 aliphatic carbocycles. The van der Waals surface area contributed by atoms with Crippen molar-refractivity contribution in [2.75, 3.05) is 5.73 Å². The number of halogens is 2. The quantitative estimate of drug-likeness (QED) is 0.678. The van der Waals surface area contributed by atoms with E-state index in [9.17, 15) is 5.11 Å². The summed E-state index contributed by atoms with van der Waals surface area (Å²) in [6.07, 6.45) is -0.575. The molecule has 0 bridgehead atoms. The molecule has 2 rings (SSSR count). The lowest BCUT2D eigenvalue weighted by Gasteiger charge is -1.95. The predicted octanol–water partition coefficient (Wildman–Crippen LogP) is 2.04. The normalized spacial score (nSPS) is 11.6. The highest BCUT2D eigenvalue weighted by atomic mass is 35.5. The molecule has 1 heterocycles. The van der Waals surface area contributed by atoms with Crippen molar-refractivity contribution in [3.05, 3.63) is 24.0 Å². The van der Waals surface area contributed by atoms with Gasteiger partial charge in [-0.15, -0.1) is 24.8 Å². The number of imidazole rings is 1. The number of H-pyrrole nitrogens is 1. The minimum atomic E-state index is -0.575. The van der Waals surface area contributed by atoms with E-state index in [2.05, 4.69) is 9.97 Å². The van der Waals surface area contributed by atoms with Crippen molar-refractivity contribution in [2.24, 2.45) is 0 Å². The SMILES string of the molecule is CC(O)c1nc2ccc(N)cc2[nH]1.Cl.Cl. The number of aliphatic hydroxyl groups is 1. The maximum atomic E-state index is 9.27. The van der Waals surface area contributed by atoms with Gasteiger partial charge in [-0.3, -0.25) is 0 Å². The summed E-state index contributed by atoms with van der Waals surface area (Å²) < 4.78 is 0. The number of nitrogen functional groups attached to an aromatic ring is 1. The summed E-state index contributed by atoms with van der Waals surface area (Å²) in [6.45, 7) is 1.67. The predicted molar refractivity (Wildman–Crippen MR) is 65.6 cm³/mol. The van der Waals surface area contributed by atoms with E-state index in [1.165, 1.54) is 0 Å². The fourth-order valence-electron chi connectivity index (χ4n) is 1.24. The van der Waals surface area contributed by atoms with E-state index in [4.69, 9.17) is 5.73 Å². The van der Waals surface area contributed by atoms with Crippen LogP contribution in [0.15, 0.2) is 18.2 Å². The largest absolute Gasteiger partial charge is 0.399 e. The molecule has 6 heteroatoms. The first kappa shape index (κ1) is 14.0. The lowest BCUT2D eigenvalue weighted by molar-refractivity contribution is 0.190. The number of aromatic nitrogens is 2. The first-order valence-corrected chi connectivity index (χ1v) is 4.10. The average molecular weight is 250 g/mol. The Labute approximate surface area is 99.7 Å². The molecule has 84 valence electrons. The van der Waals surface area contributed by atoms with Crippen LogP contribution in [0.3, 0.4) is 0 Å². The van der Waals surface area contributed by atoms with Gasteiger partial charge < -0.3 is 15.8 Å². The maximum absolute atomic E-state index is 9.27. The van der Waals surface area contributed by atoms with Crippen molar-refractivity contribution in [1.82, 2.24) is 9.97 Å². The number of hydrogen-bond acceptors (Lipinski definition) is 3. The highest BCUT2D eigenvalue weighted by Crippen LogP contribution is 2.17. The topological polar surface area (TPSA) is 74.9 Å². The Kier molecular flexibility index (Phi) is 4.87. The van der Waals surface area contributed by atoms with E-state index in [-0.39, 0.29) is 24.8 Å². The van der Waals surface area contributed by atoms with E-state index in [1.54, 1.807) is 19.1 Å². The lowest BCUT2D eigenvalue weighted by Crippen LogP contribution is -1.92. The van der Waals surface area contributed by atoms with Crippen LogP contribution in [-0.4, -0.2) is 15.1 Å². The van der Waals surface area contributed by atoms with E-state index >= 15 is 0 Å². The number of rotatable bonds is 1. The Bertz CT molecular complexity index is 442. The van der Waals surface area contributed by atoms with Crippen molar-refractivity contribution in [2.45, 2.75) is 13.0 Å². The summed E-state index contributed by atoms with van der Waals surface area (Å²) in [7, 11) is 0.